The van der Waals surface area contributed by atoms with Gasteiger partial charge in [0.1, 0.15) is 23.0 Å². The molecule has 0 bridgehead atoms. The molecule has 2 N–H and O–H groups in total. The van der Waals surface area contributed by atoms with Crippen LogP contribution in [0.15, 0.2) is 59.5 Å². The molecule has 24 heavy (non-hydrogen) atoms. The van der Waals surface area contributed by atoms with Crippen molar-refractivity contribution < 1.29 is 13.6 Å². The highest BCUT2D eigenvalue weighted by Gasteiger charge is 2.15. The Labute approximate surface area is 135 Å². The smallest absolute Gasteiger partial charge is 0.264 e. The maximum Gasteiger partial charge on any atom is 0.264 e. The van der Waals surface area contributed by atoms with Crippen molar-refractivity contribution in [2.45, 2.75) is 0 Å². The number of nitrogens with one attached hydrogen (secondary N) is 2. The minimum atomic E-state index is -0.936. The molecule has 0 fully saturated rings. The van der Waals surface area contributed by atoms with Gasteiger partial charge in [-0.05, 0) is 12.1 Å². The first-order chi connectivity index (χ1) is 11.5. The minimum absolute atomic E-state index is 0.229. The Morgan fingerprint density at radius 1 is 1.08 bits per heavy atom. The molecule has 0 atom stereocenters. The lowest BCUT2D eigenvalue weighted by molar-refractivity contribution is 0.102. The third-order valence-electron chi connectivity index (χ3n) is 3.27. The van der Waals surface area contributed by atoms with Crippen LogP contribution in [0, 0.1) is 11.6 Å². The molecule has 0 radical (unpaired) electrons. The fraction of sp³-hybridized carbons (Fsp3) is 0. The lowest BCUT2D eigenvalue weighted by Gasteiger charge is -2.06. The van der Waals surface area contributed by atoms with Crippen molar-refractivity contribution in [2.75, 3.05) is 5.32 Å². The summed E-state index contributed by atoms with van der Waals surface area (Å²) in [5.41, 5.74) is -0.485. The van der Waals surface area contributed by atoms with Gasteiger partial charge in [0.05, 0.1) is 5.69 Å². The molecule has 5 nitrogen and oxygen atoms in total. The molecular weight excluding hydrogens is 316 g/mol. The van der Waals surface area contributed by atoms with E-state index in [9.17, 15) is 18.4 Å². The summed E-state index contributed by atoms with van der Waals surface area (Å²) in [6, 6.07) is 11.6. The number of hydrogen-bond acceptors (Lipinski definition) is 3. The first-order valence-corrected chi connectivity index (χ1v) is 6.96. The van der Waals surface area contributed by atoms with Crippen molar-refractivity contribution in [3.63, 3.8) is 0 Å². The normalized spacial score (nSPS) is 10.4. The van der Waals surface area contributed by atoms with Crippen LogP contribution in [0.25, 0.3) is 11.4 Å². The van der Waals surface area contributed by atoms with E-state index >= 15 is 0 Å². The lowest BCUT2D eigenvalue weighted by Crippen LogP contribution is -2.24. The Bertz CT molecular complexity index is 956. The summed E-state index contributed by atoms with van der Waals surface area (Å²) in [5, 5.41) is 2.21. The van der Waals surface area contributed by atoms with E-state index < -0.39 is 23.1 Å². The van der Waals surface area contributed by atoms with Crippen LogP contribution in [0.2, 0.25) is 0 Å². The highest BCUT2D eigenvalue weighted by Crippen LogP contribution is 2.16. The van der Waals surface area contributed by atoms with Gasteiger partial charge in [0.15, 0.2) is 0 Å². The molecule has 0 aliphatic rings. The number of carbonyl (C=O) groups excluding carboxylic acids is 1. The second kappa shape index (κ2) is 6.41. The van der Waals surface area contributed by atoms with Crippen molar-refractivity contribution in [3.8, 4) is 11.4 Å². The monoisotopic (exact) mass is 327 g/mol. The van der Waals surface area contributed by atoms with Crippen molar-refractivity contribution in [3.05, 3.63) is 82.3 Å². The molecule has 0 unspecified atom stereocenters. The zero-order valence-corrected chi connectivity index (χ0v) is 12.2. The standard InChI is InChI=1S/C17H11F2N3O2/c18-11-6-7-14(13(19)8-11)21-16(23)12-9-20-15(22-17(12)24)10-4-2-1-3-5-10/h1-9H,(H,21,23)(H,20,22,24). The van der Waals surface area contributed by atoms with Crippen molar-refractivity contribution in [2.24, 2.45) is 0 Å². The van der Waals surface area contributed by atoms with Crippen LogP contribution in [0.1, 0.15) is 10.4 Å². The summed E-state index contributed by atoms with van der Waals surface area (Å²) in [4.78, 5) is 30.7. The van der Waals surface area contributed by atoms with Crippen molar-refractivity contribution in [1.82, 2.24) is 9.97 Å². The number of carbonyl (C=O) groups is 1. The van der Waals surface area contributed by atoms with Crippen LogP contribution < -0.4 is 10.9 Å². The number of benzene rings is 2. The third-order valence-corrected chi connectivity index (χ3v) is 3.27. The fourth-order valence-corrected chi connectivity index (χ4v) is 2.08. The Kier molecular flexibility index (Phi) is 4.15. The zero-order chi connectivity index (χ0) is 17.1. The number of hydrogen-bond donors (Lipinski definition) is 2. The third kappa shape index (κ3) is 3.19. The van der Waals surface area contributed by atoms with Gasteiger partial charge in [-0.2, -0.15) is 0 Å². The summed E-state index contributed by atoms with van der Waals surface area (Å²) >= 11 is 0. The predicted octanol–water partition coefficient (Wildman–Crippen LogP) is 2.97. The summed E-state index contributed by atoms with van der Waals surface area (Å²) in [6.07, 6.45) is 1.11. The number of nitrogens with zero attached hydrogens (tertiary/aromatic N) is 1. The molecule has 120 valence electrons. The highest BCUT2D eigenvalue weighted by atomic mass is 19.1. The molecule has 0 saturated heterocycles. The Morgan fingerprint density at radius 2 is 1.83 bits per heavy atom. The van der Waals surface area contributed by atoms with Crippen LogP contribution >= 0.6 is 0 Å². The van der Waals surface area contributed by atoms with E-state index in [-0.39, 0.29) is 11.3 Å². The Hall–Kier alpha value is -3.35. The van der Waals surface area contributed by atoms with Gasteiger partial charge in [-0.1, -0.05) is 30.3 Å². The fourth-order valence-electron chi connectivity index (χ4n) is 2.08. The van der Waals surface area contributed by atoms with Crippen LogP contribution in [0.5, 0.6) is 0 Å². The maximum absolute atomic E-state index is 13.6. The first-order valence-electron chi connectivity index (χ1n) is 6.96. The summed E-state index contributed by atoms with van der Waals surface area (Å²) in [6.45, 7) is 0. The first kappa shape index (κ1) is 15.5. The van der Waals surface area contributed by atoms with Crippen LogP contribution in [-0.2, 0) is 0 Å². The lowest BCUT2D eigenvalue weighted by atomic mass is 10.2. The number of amides is 1. The van der Waals surface area contributed by atoms with E-state index in [4.69, 9.17) is 0 Å². The molecule has 2 aromatic carbocycles. The van der Waals surface area contributed by atoms with E-state index in [1.807, 2.05) is 6.07 Å². The molecule has 0 aliphatic carbocycles. The van der Waals surface area contributed by atoms with Gasteiger partial charge in [-0.15, -0.1) is 0 Å². The molecule has 1 amide bonds. The van der Waals surface area contributed by atoms with Crippen LogP contribution in [0.3, 0.4) is 0 Å². The van der Waals surface area contributed by atoms with Gasteiger partial charge in [-0.25, -0.2) is 13.8 Å². The van der Waals surface area contributed by atoms with Gasteiger partial charge in [-0.3, -0.25) is 9.59 Å². The Morgan fingerprint density at radius 3 is 2.50 bits per heavy atom. The molecule has 7 heteroatoms. The van der Waals surface area contributed by atoms with Gasteiger partial charge < -0.3 is 10.3 Å². The van der Waals surface area contributed by atoms with Crippen molar-refractivity contribution in [1.29, 1.82) is 0 Å². The predicted molar refractivity (Wildman–Crippen MR) is 84.6 cm³/mol. The number of aromatic amines is 1. The molecule has 1 heterocycles. The van der Waals surface area contributed by atoms with E-state index in [0.717, 1.165) is 18.3 Å². The molecular formula is C17H11F2N3O2. The molecule has 3 rings (SSSR count). The number of H-pyrrole nitrogens is 1. The summed E-state index contributed by atoms with van der Waals surface area (Å²) < 4.78 is 26.4. The average Bonchev–Trinajstić information content (AvgIpc) is 2.58. The molecule has 1 aromatic heterocycles. The van der Waals surface area contributed by atoms with E-state index in [1.54, 1.807) is 24.3 Å². The summed E-state index contributed by atoms with van der Waals surface area (Å²) in [7, 11) is 0. The van der Waals surface area contributed by atoms with Crippen molar-refractivity contribution >= 4 is 11.6 Å². The SMILES string of the molecule is O=C(Nc1ccc(F)cc1F)c1cnc(-c2ccccc2)[nH]c1=O. The average molecular weight is 327 g/mol. The number of aromatic nitrogens is 2. The van der Waals surface area contributed by atoms with Gasteiger partial charge >= 0.3 is 0 Å². The molecule has 0 saturated carbocycles. The topological polar surface area (TPSA) is 74.8 Å². The van der Waals surface area contributed by atoms with Gasteiger partial charge in [0, 0.05) is 17.8 Å². The highest BCUT2D eigenvalue weighted by molar-refractivity contribution is 6.03. The number of anilines is 1. The van der Waals surface area contributed by atoms with Gasteiger partial charge in [0.2, 0.25) is 0 Å². The second-order valence-corrected chi connectivity index (χ2v) is 4.92. The van der Waals surface area contributed by atoms with E-state index in [1.165, 1.54) is 0 Å². The van der Waals surface area contributed by atoms with E-state index in [0.29, 0.717) is 17.5 Å². The second-order valence-electron chi connectivity index (χ2n) is 4.92. The van der Waals surface area contributed by atoms with Gasteiger partial charge in [0.25, 0.3) is 11.5 Å². The summed E-state index contributed by atoms with van der Waals surface area (Å²) in [5.74, 6) is -2.23. The number of halogens is 2. The van der Waals surface area contributed by atoms with Crippen LogP contribution in [0.4, 0.5) is 14.5 Å². The maximum atomic E-state index is 13.6. The zero-order valence-electron chi connectivity index (χ0n) is 12.2. The quantitative estimate of drug-likeness (QED) is 0.776. The number of rotatable bonds is 3. The molecule has 0 aliphatic heterocycles. The minimum Gasteiger partial charge on any atom is -0.319 e. The van der Waals surface area contributed by atoms with E-state index in [2.05, 4.69) is 15.3 Å². The largest absolute Gasteiger partial charge is 0.319 e. The van der Waals surface area contributed by atoms with Crippen LogP contribution in [-0.4, -0.2) is 15.9 Å². The molecule has 0 spiro atoms. The Balaban J connectivity index is 1.87. The molecule has 3 aromatic rings.